The van der Waals surface area contributed by atoms with Crippen LogP contribution in [0.3, 0.4) is 0 Å². The average molecular weight is 479 g/mol. The maximum atomic E-state index is 13.7. The lowest BCUT2D eigenvalue weighted by atomic mass is 9.98. The van der Waals surface area contributed by atoms with Gasteiger partial charge in [0, 0.05) is 72.9 Å². The molecule has 2 aliphatic rings. The van der Waals surface area contributed by atoms with E-state index >= 15 is 0 Å². The Hall–Kier alpha value is -1.90. The number of anilines is 2. The van der Waals surface area contributed by atoms with Gasteiger partial charge in [0.15, 0.2) is 0 Å². The maximum Gasteiger partial charge on any atom is 0.416 e. The number of nitrogens with one attached hydrogen (secondary N) is 1. The molecule has 3 N–H and O–H groups in total. The minimum absolute atomic E-state index is 0.169. The molecule has 0 unspecified atom stereocenters. The van der Waals surface area contributed by atoms with Crippen LogP contribution in [0.5, 0.6) is 0 Å². The topological polar surface area (TPSA) is 44.5 Å². The highest BCUT2D eigenvalue weighted by Crippen LogP contribution is 2.46. The Morgan fingerprint density at radius 2 is 1.82 bits per heavy atom. The lowest BCUT2D eigenvalue weighted by Crippen LogP contribution is -2.41. The first-order valence-electron chi connectivity index (χ1n) is 11.8. The lowest BCUT2D eigenvalue weighted by Gasteiger charge is -2.34. The van der Waals surface area contributed by atoms with Gasteiger partial charge in [-0.05, 0) is 62.1 Å². The van der Waals surface area contributed by atoms with Crippen LogP contribution >= 0.6 is 11.8 Å². The van der Waals surface area contributed by atoms with Gasteiger partial charge in [0.1, 0.15) is 0 Å². The van der Waals surface area contributed by atoms with Crippen molar-refractivity contribution in [2.45, 2.75) is 55.1 Å². The fourth-order valence-electron chi connectivity index (χ4n) is 4.79. The summed E-state index contributed by atoms with van der Waals surface area (Å²) in [5, 5.41) is 3.48. The number of nitrogens with two attached hydrogens (primary N) is 1. The number of benzene rings is 2. The van der Waals surface area contributed by atoms with E-state index in [0.717, 1.165) is 61.7 Å². The van der Waals surface area contributed by atoms with Gasteiger partial charge >= 0.3 is 6.18 Å². The minimum atomic E-state index is -4.38. The van der Waals surface area contributed by atoms with Crippen molar-refractivity contribution in [3.8, 4) is 0 Å². The molecule has 1 saturated heterocycles. The molecule has 180 valence electrons. The fraction of sp³-hybridized carbons (Fsp3) is 0.520. The van der Waals surface area contributed by atoms with Crippen LogP contribution < -0.4 is 16.0 Å². The Morgan fingerprint density at radius 1 is 1.09 bits per heavy atom. The molecule has 4 rings (SSSR count). The predicted octanol–water partition coefficient (Wildman–Crippen LogP) is 5.44. The summed E-state index contributed by atoms with van der Waals surface area (Å²) in [6.07, 6.45) is -1.92. The van der Waals surface area contributed by atoms with Gasteiger partial charge in [0.25, 0.3) is 0 Å². The van der Waals surface area contributed by atoms with E-state index in [0.29, 0.717) is 23.5 Å². The second-order valence-corrected chi connectivity index (χ2v) is 9.87. The van der Waals surface area contributed by atoms with Crippen molar-refractivity contribution in [1.82, 2.24) is 4.90 Å². The molecule has 2 aromatic rings. The third-order valence-corrected chi connectivity index (χ3v) is 7.88. The summed E-state index contributed by atoms with van der Waals surface area (Å²) < 4.78 is 41.2. The molecule has 0 aliphatic carbocycles. The van der Waals surface area contributed by atoms with Gasteiger partial charge in [-0.25, -0.2) is 0 Å². The van der Waals surface area contributed by atoms with E-state index < -0.39 is 11.7 Å². The minimum Gasteiger partial charge on any atom is -0.382 e. The Kier molecular flexibility index (Phi) is 7.46. The normalized spacial score (nSPS) is 16.9. The van der Waals surface area contributed by atoms with Gasteiger partial charge < -0.3 is 20.9 Å². The van der Waals surface area contributed by atoms with Crippen LogP contribution in [0.4, 0.5) is 24.5 Å². The second-order valence-electron chi connectivity index (χ2n) is 8.79. The number of halogens is 3. The highest BCUT2D eigenvalue weighted by molar-refractivity contribution is 7.99. The molecule has 33 heavy (non-hydrogen) atoms. The summed E-state index contributed by atoms with van der Waals surface area (Å²) in [5.74, 6) is 0. The monoisotopic (exact) mass is 478 g/mol. The number of piperidine rings is 1. The molecular formula is C25H33F3N4S. The summed E-state index contributed by atoms with van der Waals surface area (Å²) in [6, 6.07) is 9.18. The highest BCUT2D eigenvalue weighted by Gasteiger charge is 2.34. The molecule has 0 amide bonds. The number of hydrogen-bond acceptors (Lipinski definition) is 5. The summed E-state index contributed by atoms with van der Waals surface area (Å²) in [4.78, 5) is 6.33. The van der Waals surface area contributed by atoms with Crippen molar-refractivity contribution < 1.29 is 13.2 Å². The highest BCUT2D eigenvalue weighted by atomic mass is 32.2. The number of fused-ring (bicyclic) bond motifs is 2. The molecule has 4 nitrogen and oxygen atoms in total. The standard InChI is InChI=1S/C25H33F3N4S/c1-3-32(4-2)20-6-5-17-13-21-22(30-19-7-10-31(11-8-19)12-9-29)14-18(25(26,27)28)15-24(21)33-23(17)16-20/h5-6,14-16,19,30H,3-4,7-13,29H2,1-2H3. The van der Waals surface area contributed by atoms with E-state index in [-0.39, 0.29) is 6.04 Å². The van der Waals surface area contributed by atoms with Gasteiger partial charge in [-0.1, -0.05) is 17.8 Å². The van der Waals surface area contributed by atoms with Crippen LogP contribution in [0.1, 0.15) is 43.4 Å². The summed E-state index contributed by atoms with van der Waals surface area (Å²) >= 11 is 1.46. The first-order chi connectivity index (χ1) is 15.8. The van der Waals surface area contributed by atoms with Crippen LogP contribution in [0, 0.1) is 0 Å². The number of nitrogens with zero attached hydrogens (tertiary/aromatic N) is 2. The van der Waals surface area contributed by atoms with Crippen LogP contribution in [0.15, 0.2) is 40.1 Å². The first-order valence-corrected chi connectivity index (χ1v) is 12.6. The third kappa shape index (κ3) is 5.44. The van der Waals surface area contributed by atoms with E-state index in [1.54, 1.807) is 0 Å². The summed E-state index contributed by atoms with van der Waals surface area (Å²) in [5.41, 5.74) is 8.97. The smallest absolute Gasteiger partial charge is 0.382 e. The fourth-order valence-corrected chi connectivity index (χ4v) is 5.97. The average Bonchev–Trinajstić information content (AvgIpc) is 2.79. The Balaban J connectivity index is 1.62. The number of likely N-dealkylation sites (tertiary alicyclic amines) is 1. The maximum absolute atomic E-state index is 13.7. The summed E-state index contributed by atoms with van der Waals surface area (Å²) in [7, 11) is 0. The van der Waals surface area contributed by atoms with Crippen molar-refractivity contribution in [2.24, 2.45) is 5.73 Å². The quantitative estimate of drug-likeness (QED) is 0.473. The molecule has 0 radical (unpaired) electrons. The van der Waals surface area contributed by atoms with Crippen LogP contribution in [-0.4, -0.2) is 50.2 Å². The molecule has 1 fully saturated rings. The molecule has 0 saturated carbocycles. The van der Waals surface area contributed by atoms with Crippen LogP contribution in [0.2, 0.25) is 0 Å². The molecule has 2 aromatic carbocycles. The van der Waals surface area contributed by atoms with Gasteiger partial charge in [-0.15, -0.1) is 0 Å². The lowest BCUT2D eigenvalue weighted by molar-refractivity contribution is -0.137. The molecule has 0 bridgehead atoms. The molecular weight excluding hydrogens is 445 g/mol. The molecule has 0 atom stereocenters. The van der Waals surface area contributed by atoms with Crippen molar-refractivity contribution in [3.05, 3.63) is 47.0 Å². The van der Waals surface area contributed by atoms with E-state index in [4.69, 9.17) is 5.73 Å². The number of alkyl halides is 3. The third-order valence-electron chi connectivity index (χ3n) is 6.70. The Labute approximate surface area is 198 Å². The zero-order valence-corrected chi connectivity index (χ0v) is 20.2. The first kappa shape index (κ1) is 24.2. The Morgan fingerprint density at radius 3 is 2.45 bits per heavy atom. The van der Waals surface area contributed by atoms with Crippen molar-refractivity contribution in [1.29, 1.82) is 0 Å². The van der Waals surface area contributed by atoms with Crippen LogP contribution in [-0.2, 0) is 12.6 Å². The van der Waals surface area contributed by atoms with Gasteiger partial charge in [0.05, 0.1) is 5.56 Å². The van der Waals surface area contributed by atoms with E-state index in [9.17, 15) is 13.2 Å². The van der Waals surface area contributed by atoms with Gasteiger partial charge in [0.2, 0.25) is 0 Å². The SMILES string of the molecule is CCN(CC)c1ccc2c(c1)Sc1cc(C(F)(F)F)cc(NC3CCN(CCN)CC3)c1C2. The number of rotatable bonds is 7. The largest absolute Gasteiger partial charge is 0.416 e. The van der Waals surface area contributed by atoms with E-state index in [1.165, 1.54) is 29.5 Å². The summed E-state index contributed by atoms with van der Waals surface area (Å²) in [6.45, 7) is 9.35. The number of hydrogen-bond donors (Lipinski definition) is 2. The molecule has 2 heterocycles. The van der Waals surface area contributed by atoms with Crippen LogP contribution in [0.25, 0.3) is 0 Å². The zero-order chi connectivity index (χ0) is 23.6. The van der Waals surface area contributed by atoms with Crippen molar-refractivity contribution in [3.63, 3.8) is 0 Å². The Bertz CT molecular complexity index is 967. The van der Waals surface area contributed by atoms with E-state index in [1.807, 2.05) is 0 Å². The molecule has 0 spiro atoms. The van der Waals surface area contributed by atoms with E-state index in [2.05, 4.69) is 47.2 Å². The van der Waals surface area contributed by atoms with Crippen molar-refractivity contribution >= 4 is 23.1 Å². The molecule has 0 aromatic heterocycles. The molecule has 2 aliphatic heterocycles. The zero-order valence-electron chi connectivity index (χ0n) is 19.3. The van der Waals surface area contributed by atoms with Gasteiger partial charge in [-0.3, -0.25) is 0 Å². The second kappa shape index (κ2) is 10.2. The van der Waals surface area contributed by atoms with Crippen molar-refractivity contribution in [2.75, 3.05) is 49.5 Å². The van der Waals surface area contributed by atoms with Gasteiger partial charge in [-0.2, -0.15) is 13.2 Å². The predicted molar refractivity (Wildman–Crippen MR) is 131 cm³/mol. The molecule has 8 heteroatoms.